The second-order valence-corrected chi connectivity index (χ2v) is 15.0. The molecule has 1 rings (SSSR count). The van der Waals surface area contributed by atoms with Gasteiger partial charge >= 0.3 is 5.97 Å². The Kier molecular flexibility index (Phi) is 29.7. The molecule has 0 spiro atoms. The first kappa shape index (κ1) is 49.3. The molecule has 1 saturated heterocycles. The molecule has 0 saturated carbocycles. The Balaban J connectivity index is 1.99. The first-order valence-corrected chi connectivity index (χ1v) is 21.1. The van der Waals surface area contributed by atoms with Gasteiger partial charge in [0, 0.05) is 45.3 Å². The van der Waals surface area contributed by atoms with Crippen molar-refractivity contribution in [1.29, 1.82) is 0 Å². The lowest BCUT2D eigenvalue weighted by Gasteiger charge is -2.23. The molecule has 1 aliphatic rings. The van der Waals surface area contributed by atoms with Crippen molar-refractivity contribution in [3.05, 3.63) is 0 Å². The standard InChI is InChI=1S/C38H68N6O8S2/c45-28-30(42-35(48)20-12-9-7-5-3-1-2-4-6-8-10-14-21-36(49)50)22-23-34(47)40-25-16-11-13-19-33(46)39-26-17-15-18-32-37(51)41-29-44(32)27-24-31(43-54)38(52)53/h28,30-32,43,54H,1-27,29H2,(H,39,46)(H,40,47)(H,41,51)(H,42,48)(H,49,50)(H,52,53). The second-order valence-electron chi connectivity index (χ2n) is 14.3. The molecule has 16 heteroatoms. The number of carboxylic acid groups (broad SMARTS) is 1. The molecule has 6 N–H and O–H groups in total. The summed E-state index contributed by atoms with van der Waals surface area (Å²) in [5, 5.41) is 19.7. The largest absolute Gasteiger partial charge is 0.481 e. The molecule has 0 bridgehead atoms. The van der Waals surface area contributed by atoms with Crippen LogP contribution in [-0.4, -0.2) is 95.4 Å². The number of nitrogens with zero attached hydrogens (tertiary/aromatic N) is 1. The molecule has 1 heterocycles. The van der Waals surface area contributed by atoms with Gasteiger partial charge < -0.3 is 31.2 Å². The number of hydrogen-bond acceptors (Lipinski definition) is 10. The van der Waals surface area contributed by atoms with Gasteiger partial charge in [0.15, 0.2) is 0 Å². The molecule has 4 amide bonds. The molecule has 0 aromatic heterocycles. The van der Waals surface area contributed by atoms with Crippen molar-refractivity contribution in [2.75, 3.05) is 26.3 Å². The van der Waals surface area contributed by atoms with Crippen molar-refractivity contribution < 1.29 is 38.7 Å². The SMILES string of the molecule is O=CC(CCC(=O)NCCCCCC(=O)NCCCCC1C(=O)NCN1CCC(NS)C(=O)S)NC(=O)CCCCCCCCCCCCCCC(=O)O. The summed E-state index contributed by atoms with van der Waals surface area (Å²) in [5.41, 5.74) is 0. The van der Waals surface area contributed by atoms with E-state index < -0.39 is 18.1 Å². The van der Waals surface area contributed by atoms with Gasteiger partial charge in [-0.1, -0.05) is 83.4 Å². The maximum absolute atomic E-state index is 12.3. The first-order chi connectivity index (χ1) is 26.1. The number of aliphatic carboxylic acids is 1. The fourth-order valence-corrected chi connectivity index (χ4v) is 6.95. The Bertz CT molecular complexity index is 1120. The van der Waals surface area contributed by atoms with E-state index in [2.05, 4.69) is 51.4 Å². The summed E-state index contributed by atoms with van der Waals surface area (Å²) in [6.07, 6.45) is 19.8. The number of carbonyl (C=O) groups is 7. The summed E-state index contributed by atoms with van der Waals surface area (Å²) >= 11 is 7.82. The van der Waals surface area contributed by atoms with E-state index >= 15 is 0 Å². The van der Waals surface area contributed by atoms with Crippen LogP contribution in [0.15, 0.2) is 0 Å². The Hall–Kier alpha value is -2.69. The van der Waals surface area contributed by atoms with Gasteiger partial charge in [0.05, 0.1) is 24.8 Å². The smallest absolute Gasteiger partial charge is 0.303 e. The van der Waals surface area contributed by atoms with Crippen molar-refractivity contribution in [3.8, 4) is 0 Å². The number of amides is 4. The van der Waals surface area contributed by atoms with Crippen LogP contribution in [0.25, 0.3) is 0 Å². The van der Waals surface area contributed by atoms with E-state index in [1.54, 1.807) is 0 Å². The molecule has 310 valence electrons. The molecule has 0 aromatic rings. The number of carbonyl (C=O) groups excluding carboxylic acids is 6. The van der Waals surface area contributed by atoms with Crippen LogP contribution in [0.5, 0.6) is 0 Å². The average Bonchev–Trinajstić information content (AvgIpc) is 3.49. The van der Waals surface area contributed by atoms with Gasteiger partial charge in [-0.2, -0.15) is 0 Å². The quantitative estimate of drug-likeness (QED) is 0.0256. The fraction of sp³-hybridized carbons (Fsp3) is 0.816. The average molecular weight is 801 g/mol. The van der Waals surface area contributed by atoms with Gasteiger partial charge in [0.1, 0.15) is 6.29 Å². The zero-order valence-electron chi connectivity index (χ0n) is 32.3. The zero-order valence-corrected chi connectivity index (χ0v) is 34.0. The third-order valence-corrected chi connectivity index (χ3v) is 10.3. The van der Waals surface area contributed by atoms with Crippen molar-refractivity contribution in [2.45, 2.75) is 172 Å². The summed E-state index contributed by atoms with van der Waals surface area (Å²) in [7, 11) is 0. The highest BCUT2D eigenvalue weighted by Gasteiger charge is 2.32. The minimum atomic E-state index is -0.715. The van der Waals surface area contributed by atoms with Gasteiger partial charge in [-0.25, -0.2) is 0 Å². The van der Waals surface area contributed by atoms with Crippen LogP contribution in [-0.2, 0) is 33.6 Å². The molecule has 0 aromatic carbocycles. The number of nitrogens with one attached hydrogen (secondary N) is 5. The van der Waals surface area contributed by atoms with Crippen LogP contribution >= 0.6 is 25.4 Å². The van der Waals surface area contributed by atoms with Crippen LogP contribution in [0.4, 0.5) is 0 Å². The monoisotopic (exact) mass is 800 g/mol. The number of aldehydes is 1. The molecular formula is C38H68N6O8S2. The van der Waals surface area contributed by atoms with Gasteiger partial charge in [0.25, 0.3) is 0 Å². The van der Waals surface area contributed by atoms with Crippen LogP contribution < -0.4 is 26.0 Å². The summed E-state index contributed by atoms with van der Waals surface area (Å²) < 4.78 is 2.63. The Morgan fingerprint density at radius 1 is 0.722 bits per heavy atom. The number of carboxylic acids is 1. The van der Waals surface area contributed by atoms with Crippen molar-refractivity contribution in [3.63, 3.8) is 0 Å². The number of hydrogen-bond donors (Lipinski definition) is 8. The number of rotatable bonds is 36. The predicted molar refractivity (Wildman–Crippen MR) is 216 cm³/mol. The highest BCUT2D eigenvalue weighted by Crippen LogP contribution is 2.16. The van der Waals surface area contributed by atoms with Crippen molar-refractivity contribution >= 4 is 66.4 Å². The highest BCUT2D eigenvalue weighted by atomic mass is 32.1. The summed E-state index contributed by atoms with van der Waals surface area (Å²) in [5.74, 6) is -1.10. The van der Waals surface area contributed by atoms with E-state index in [1.165, 1.54) is 32.1 Å². The van der Waals surface area contributed by atoms with E-state index in [9.17, 15) is 33.6 Å². The van der Waals surface area contributed by atoms with Gasteiger partial charge in [0.2, 0.25) is 28.7 Å². The zero-order chi connectivity index (χ0) is 39.8. The number of thiol groups is 2. The van der Waals surface area contributed by atoms with Crippen molar-refractivity contribution in [1.82, 2.24) is 30.9 Å². The van der Waals surface area contributed by atoms with E-state index in [4.69, 9.17) is 5.11 Å². The van der Waals surface area contributed by atoms with Gasteiger partial charge in [-0.15, -0.1) is 12.6 Å². The normalized spacial score (nSPS) is 15.3. The fourth-order valence-electron chi connectivity index (χ4n) is 6.41. The van der Waals surface area contributed by atoms with Gasteiger partial charge in [-0.05, 0) is 57.8 Å². The second kappa shape index (κ2) is 32.5. The predicted octanol–water partition coefficient (Wildman–Crippen LogP) is 4.37. The van der Waals surface area contributed by atoms with Crippen LogP contribution in [0.1, 0.15) is 154 Å². The minimum absolute atomic E-state index is 0.0231. The highest BCUT2D eigenvalue weighted by molar-refractivity contribution is 7.96. The molecular weight excluding hydrogens is 733 g/mol. The lowest BCUT2D eigenvalue weighted by Crippen LogP contribution is -2.38. The summed E-state index contributed by atoms with van der Waals surface area (Å²) in [4.78, 5) is 84.4. The van der Waals surface area contributed by atoms with Crippen molar-refractivity contribution in [2.24, 2.45) is 0 Å². The Morgan fingerprint density at radius 3 is 1.76 bits per heavy atom. The third-order valence-electron chi connectivity index (χ3n) is 9.73. The Labute approximate surface area is 333 Å². The molecule has 54 heavy (non-hydrogen) atoms. The first-order valence-electron chi connectivity index (χ1n) is 20.2. The topological polar surface area (TPSA) is 203 Å². The molecule has 1 fully saturated rings. The molecule has 3 atom stereocenters. The lowest BCUT2D eigenvalue weighted by molar-refractivity contribution is -0.137. The maximum atomic E-state index is 12.3. The minimum Gasteiger partial charge on any atom is -0.481 e. The summed E-state index contributed by atoms with van der Waals surface area (Å²) in [6.45, 7) is 2.02. The van der Waals surface area contributed by atoms with E-state index in [0.29, 0.717) is 64.7 Å². The van der Waals surface area contributed by atoms with Crippen LogP contribution in [0, 0.1) is 0 Å². The maximum Gasteiger partial charge on any atom is 0.303 e. The number of unbranched alkanes of at least 4 members (excludes halogenated alkanes) is 14. The molecule has 14 nitrogen and oxygen atoms in total. The van der Waals surface area contributed by atoms with E-state index in [-0.39, 0.29) is 54.0 Å². The molecule has 0 radical (unpaired) electrons. The lowest BCUT2D eigenvalue weighted by atomic mass is 10.0. The molecule has 0 aliphatic carbocycles. The van der Waals surface area contributed by atoms with E-state index in [0.717, 1.165) is 70.6 Å². The Morgan fingerprint density at radius 2 is 1.22 bits per heavy atom. The molecule has 1 aliphatic heterocycles. The van der Waals surface area contributed by atoms with E-state index in [1.807, 2.05) is 4.90 Å². The summed E-state index contributed by atoms with van der Waals surface area (Å²) in [6, 6.07) is -1.42. The molecule has 3 unspecified atom stereocenters. The van der Waals surface area contributed by atoms with Crippen LogP contribution in [0.2, 0.25) is 0 Å². The van der Waals surface area contributed by atoms with Crippen LogP contribution in [0.3, 0.4) is 0 Å². The third kappa shape index (κ3) is 26.2. The van der Waals surface area contributed by atoms with Gasteiger partial charge in [-0.3, -0.25) is 38.4 Å².